The van der Waals surface area contributed by atoms with Gasteiger partial charge in [0.2, 0.25) is 0 Å². The van der Waals surface area contributed by atoms with Gasteiger partial charge < -0.3 is 9.57 Å². The van der Waals surface area contributed by atoms with E-state index in [1.54, 1.807) is 0 Å². The minimum Gasteiger partial charge on any atom is -0.493 e. The molecule has 0 saturated carbocycles. The van der Waals surface area contributed by atoms with Crippen LogP contribution in [0.2, 0.25) is 0 Å². The molecule has 0 heterocycles. The highest BCUT2D eigenvalue weighted by atomic mass is 16.6. The second-order valence-corrected chi connectivity index (χ2v) is 8.82. The van der Waals surface area contributed by atoms with Gasteiger partial charge in [-0.25, -0.2) is 0 Å². The molecule has 0 N–H and O–H groups in total. The van der Waals surface area contributed by atoms with Crippen LogP contribution in [0, 0.1) is 13.8 Å². The summed E-state index contributed by atoms with van der Waals surface area (Å²) >= 11 is 0. The fourth-order valence-corrected chi connectivity index (χ4v) is 3.69. The summed E-state index contributed by atoms with van der Waals surface area (Å²) in [4.78, 5) is 5.52. The maximum atomic E-state index is 6.21. The molecule has 0 unspecified atom stereocenters. The normalized spacial score (nSPS) is 13.2. The van der Waals surface area contributed by atoms with E-state index < -0.39 is 0 Å². The van der Waals surface area contributed by atoms with Gasteiger partial charge in [-0.15, -0.1) is 0 Å². The summed E-state index contributed by atoms with van der Waals surface area (Å²) in [5.74, 6) is 1.35. The Kier molecular flexibility index (Phi) is 18.8. The van der Waals surface area contributed by atoms with E-state index in [9.17, 15) is 0 Å². The number of fused-ring (bicyclic) bond motifs is 1. The molecule has 0 saturated heterocycles. The maximum Gasteiger partial charge on any atom is 0.170 e. The molecule has 0 fully saturated rings. The number of nitrogens with zero attached hydrogens (tertiary/aromatic N) is 20. The summed E-state index contributed by atoms with van der Waals surface area (Å²) in [5, 5.41) is 65.5. The molecule has 0 aromatic heterocycles. The van der Waals surface area contributed by atoms with E-state index in [1.165, 1.54) is 45.6 Å². The molecule has 22 nitrogen and oxygen atoms in total. The smallest absolute Gasteiger partial charge is 0.170 e. The van der Waals surface area contributed by atoms with Crippen LogP contribution in [0.1, 0.15) is 69.4 Å². The van der Waals surface area contributed by atoms with Crippen LogP contribution in [0.25, 0.3) is 10.8 Å². The van der Waals surface area contributed by atoms with Crippen molar-refractivity contribution in [3.8, 4) is 11.5 Å². The van der Waals surface area contributed by atoms with Crippen molar-refractivity contribution in [2.24, 2.45) is 104 Å². The van der Waals surface area contributed by atoms with E-state index in [0.717, 1.165) is 40.5 Å². The first-order chi connectivity index (χ1) is 22.2. The van der Waals surface area contributed by atoms with E-state index in [-0.39, 0.29) is 0 Å². The summed E-state index contributed by atoms with van der Waals surface area (Å²) < 4.78 is 6.21. The Hall–Kier alpha value is -5.70. The summed E-state index contributed by atoms with van der Waals surface area (Å²) in [7, 11) is 1.40. The van der Waals surface area contributed by atoms with Gasteiger partial charge in [0.1, 0.15) is 5.75 Å². The molecule has 2 rings (SSSR count). The van der Waals surface area contributed by atoms with Gasteiger partial charge in [0, 0.05) is 63.0 Å². The number of benzene rings is 2. The Labute approximate surface area is 257 Å². The van der Waals surface area contributed by atoms with Gasteiger partial charge in [-0.2, -0.15) is 5.11 Å². The highest BCUT2D eigenvalue weighted by Crippen LogP contribution is 2.37. The standard InChI is InChI=1S/C23H34N20O2/c1-5-6-7-8-9-10-11-12-17-44-22-18(2)13-16-21-20(22)15-14-19(3)23(21)45-43-42-41-40-39-38-37-36-35-34-33-32-31-30-29-28-27-26-25-24-4/h13-16H,5-12,17H2,1-4H3. The summed E-state index contributed by atoms with van der Waals surface area (Å²) in [6.45, 7) is 6.82. The van der Waals surface area contributed by atoms with E-state index in [0.29, 0.717) is 12.4 Å². The average Bonchev–Trinajstić information content (AvgIpc) is 3.04. The molecule has 0 spiro atoms. The third-order valence-corrected chi connectivity index (χ3v) is 5.68. The summed E-state index contributed by atoms with van der Waals surface area (Å²) in [6.07, 6.45) is 9.93. The molecule has 2 aromatic rings. The molecule has 45 heavy (non-hydrogen) atoms. The lowest BCUT2D eigenvalue weighted by Crippen LogP contribution is -2.00. The largest absolute Gasteiger partial charge is 0.493 e. The monoisotopic (exact) mass is 622 g/mol. The van der Waals surface area contributed by atoms with Crippen LogP contribution < -0.4 is 9.57 Å². The van der Waals surface area contributed by atoms with Crippen molar-refractivity contribution in [3.63, 3.8) is 0 Å². The van der Waals surface area contributed by atoms with E-state index in [2.05, 4.69) is 111 Å². The van der Waals surface area contributed by atoms with Crippen molar-refractivity contribution in [2.45, 2.75) is 72.1 Å². The van der Waals surface area contributed by atoms with Gasteiger partial charge in [-0.05, 0) is 79.2 Å². The third kappa shape index (κ3) is 15.4. The molecule has 238 valence electrons. The van der Waals surface area contributed by atoms with E-state index in [1.807, 2.05) is 38.1 Å². The Balaban J connectivity index is 1.80. The molecule has 0 bridgehead atoms. The van der Waals surface area contributed by atoms with Gasteiger partial charge >= 0.3 is 0 Å². The highest BCUT2D eigenvalue weighted by molar-refractivity contribution is 5.95. The minimum absolute atomic E-state index is 0.522. The number of hydrogen-bond acceptors (Lipinski definition) is 4. The number of rotatable bonds is 21. The molecule has 0 aliphatic rings. The summed E-state index contributed by atoms with van der Waals surface area (Å²) in [5.41, 5.74) is 1.90. The number of unbranched alkanes of at least 4 members (excludes halogenated alkanes) is 7. The molecular formula is C23H34N20O2. The topological polar surface area (TPSA) is 266 Å². The first kappa shape index (κ1) is 35.5. The molecule has 22 heteroatoms. The zero-order valence-electron chi connectivity index (χ0n) is 25.4. The molecule has 0 aliphatic carbocycles. The second kappa shape index (κ2) is 23.8. The Bertz CT molecular complexity index is 1450. The first-order valence-electron chi connectivity index (χ1n) is 13.9. The van der Waals surface area contributed by atoms with Crippen molar-refractivity contribution >= 4 is 10.8 Å². The van der Waals surface area contributed by atoms with Crippen molar-refractivity contribution in [1.82, 2.24) is 0 Å². The number of ether oxygens (including phenoxy) is 1. The highest BCUT2D eigenvalue weighted by Gasteiger charge is 2.13. The van der Waals surface area contributed by atoms with Crippen LogP contribution in [0.4, 0.5) is 0 Å². The van der Waals surface area contributed by atoms with Crippen molar-refractivity contribution in [3.05, 3.63) is 35.4 Å². The van der Waals surface area contributed by atoms with E-state index >= 15 is 0 Å². The first-order valence-corrected chi connectivity index (χ1v) is 13.9. The molecule has 2 aromatic carbocycles. The van der Waals surface area contributed by atoms with Crippen molar-refractivity contribution < 1.29 is 9.57 Å². The zero-order valence-corrected chi connectivity index (χ0v) is 25.4. The Morgan fingerprint density at radius 3 is 1.36 bits per heavy atom. The number of hydrogen-bond donors (Lipinski definition) is 0. The fourth-order valence-electron chi connectivity index (χ4n) is 3.69. The van der Waals surface area contributed by atoms with Gasteiger partial charge in [0.25, 0.3) is 0 Å². The molecule has 0 amide bonds. The lowest BCUT2D eigenvalue weighted by Gasteiger charge is -2.14. The van der Waals surface area contributed by atoms with E-state index in [4.69, 9.17) is 9.57 Å². The third-order valence-electron chi connectivity index (χ3n) is 5.68. The number of aryl methyl sites for hydroxylation is 2. The molecule has 0 aliphatic heterocycles. The van der Waals surface area contributed by atoms with Crippen molar-refractivity contribution in [2.75, 3.05) is 13.7 Å². The lowest BCUT2D eigenvalue weighted by atomic mass is 10.0. The van der Waals surface area contributed by atoms with Crippen molar-refractivity contribution in [1.29, 1.82) is 0 Å². The van der Waals surface area contributed by atoms with Gasteiger partial charge in [0.05, 0.1) is 18.9 Å². The van der Waals surface area contributed by atoms with Gasteiger partial charge in [-0.3, -0.25) is 0 Å². The predicted molar refractivity (Wildman–Crippen MR) is 157 cm³/mol. The van der Waals surface area contributed by atoms with Crippen LogP contribution in [-0.2, 0) is 0 Å². The van der Waals surface area contributed by atoms with Gasteiger partial charge in [0.15, 0.2) is 5.75 Å². The van der Waals surface area contributed by atoms with Crippen LogP contribution in [0.15, 0.2) is 129 Å². The minimum atomic E-state index is 0.522. The molecule has 0 atom stereocenters. The fraction of sp³-hybridized carbons (Fsp3) is 0.565. The SMILES string of the molecule is CCCCCCCCCCOc1c(C)ccc2c(ON=NN=NN=NN=NN=NN=NN=NN=NN=NN=NC)c(C)ccc12. The second-order valence-electron chi connectivity index (χ2n) is 8.82. The zero-order chi connectivity index (χ0) is 32.2. The Morgan fingerprint density at radius 2 is 0.867 bits per heavy atom. The Morgan fingerprint density at radius 1 is 0.467 bits per heavy atom. The molecule has 0 radical (unpaired) electrons. The van der Waals surface area contributed by atoms with Crippen LogP contribution >= 0.6 is 0 Å². The maximum absolute atomic E-state index is 6.21. The van der Waals surface area contributed by atoms with Crippen LogP contribution in [-0.4, -0.2) is 13.7 Å². The quantitative estimate of drug-likeness (QED) is 0.0746. The van der Waals surface area contributed by atoms with Crippen LogP contribution in [0.3, 0.4) is 0 Å². The molecular weight excluding hydrogens is 588 g/mol. The van der Waals surface area contributed by atoms with Gasteiger partial charge in [-0.1, -0.05) is 70.1 Å². The van der Waals surface area contributed by atoms with Crippen LogP contribution in [0.5, 0.6) is 11.5 Å². The lowest BCUT2D eigenvalue weighted by molar-refractivity contribution is 0.302. The predicted octanol–water partition coefficient (Wildman–Crippen LogP) is 10.7. The summed E-state index contributed by atoms with van der Waals surface area (Å²) in [6, 6.07) is 7.90. The average molecular weight is 623 g/mol.